The SMILES string of the molecule is CCN(C)C(=O)CNc1cc(C#N)c2ccccc2n1. The Labute approximate surface area is 117 Å². The molecule has 0 saturated heterocycles. The van der Waals surface area contributed by atoms with Crippen LogP contribution in [0.5, 0.6) is 0 Å². The molecule has 1 aromatic heterocycles. The van der Waals surface area contributed by atoms with Crippen LogP contribution < -0.4 is 5.32 Å². The second-order valence-electron chi connectivity index (χ2n) is 4.45. The summed E-state index contributed by atoms with van der Waals surface area (Å²) in [6.07, 6.45) is 0. The molecule has 0 atom stereocenters. The van der Waals surface area contributed by atoms with Crippen LogP contribution in [0.4, 0.5) is 5.82 Å². The minimum atomic E-state index is -0.0130. The summed E-state index contributed by atoms with van der Waals surface area (Å²) in [5.41, 5.74) is 1.29. The van der Waals surface area contributed by atoms with Gasteiger partial charge in [0.25, 0.3) is 0 Å². The van der Waals surface area contributed by atoms with Gasteiger partial charge in [-0.3, -0.25) is 4.79 Å². The number of para-hydroxylation sites is 1. The first kappa shape index (κ1) is 13.8. The largest absolute Gasteiger partial charge is 0.361 e. The van der Waals surface area contributed by atoms with Gasteiger partial charge in [0, 0.05) is 19.0 Å². The van der Waals surface area contributed by atoms with Gasteiger partial charge in [0.1, 0.15) is 5.82 Å². The second kappa shape index (κ2) is 6.02. The molecule has 0 saturated carbocycles. The molecule has 5 heteroatoms. The Balaban J connectivity index is 2.23. The summed E-state index contributed by atoms with van der Waals surface area (Å²) < 4.78 is 0. The van der Waals surface area contributed by atoms with Crippen molar-refractivity contribution < 1.29 is 4.79 Å². The molecule has 0 radical (unpaired) electrons. The fourth-order valence-corrected chi connectivity index (χ4v) is 1.84. The Morgan fingerprint density at radius 2 is 2.20 bits per heavy atom. The molecule has 0 aliphatic carbocycles. The van der Waals surface area contributed by atoms with Crippen molar-refractivity contribution in [2.75, 3.05) is 25.5 Å². The fourth-order valence-electron chi connectivity index (χ4n) is 1.84. The average molecular weight is 268 g/mol. The number of hydrogen-bond donors (Lipinski definition) is 1. The summed E-state index contributed by atoms with van der Waals surface area (Å²) in [6.45, 7) is 2.75. The molecule has 0 spiro atoms. The monoisotopic (exact) mass is 268 g/mol. The van der Waals surface area contributed by atoms with Crippen LogP contribution in [-0.4, -0.2) is 35.9 Å². The number of benzene rings is 1. The van der Waals surface area contributed by atoms with Gasteiger partial charge in [-0.15, -0.1) is 0 Å². The van der Waals surface area contributed by atoms with E-state index in [1.807, 2.05) is 31.2 Å². The molecular formula is C15H16N4O. The van der Waals surface area contributed by atoms with Gasteiger partial charge in [-0.1, -0.05) is 18.2 Å². The van der Waals surface area contributed by atoms with Crippen LogP contribution in [0, 0.1) is 11.3 Å². The van der Waals surface area contributed by atoms with Crippen molar-refractivity contribution in [1.82, 2.24) is 9.88 Å². The summed E-state index contributed by atoms with van der Waals surface area (Å²) in [5, 5.41) is 13.0. The van der Waals surface area contributed by atoms with Crippen molar-refractivity contribution in [1.29, 1.82) is 5.26 Å². The average Bonchev–Trinajstić information content (AvgIpc) is 2.50. The number of nitrogens with zero attached hydrogens (tertiary/aromatic N) is 3. The first-order chi connectivity index (χ1) is 9.65. The van der Waals surface area contributed by atoms with Gasteiger partial charge >= 0.3 is 0 Å². The van der Waals surface area contributed by atoms with E-state index in [2.05, 4.69) is 16.4 Å². The number of fused-ring (bicyclic) bond motifs is 1. The van der Waals surface area contributed by atoms with E-state index in [1.54, 1.807) is 18.0 Å². The molecule has 20 heavy (non-hydrogen) atoms. The van der Waals surface area contributed by atoms with Gasteiger partial charge < -0.3 is 10.2 Å². The lowest BCUT2D eigenvalue weighted by molar-refractivity contribution is -0.127. The van der Waals surface area contributed by atoms with Crippen LogP contribution in [0.1, 0.15) is 12.5 Å². The molecule has 1 amide bonds. The Hall–Kier alpha value is -2.61. The van der Waals surface area contributed by atoms with E-state index < -0.39 is 0 Å². The number of rotatable bonds is 4. The summed E-state index contributed by atoms with van der Waals surface area (Å²) in [6, 6.07) is 11.3. The lowest BCUT2D eigenvalue weighted by Crippen LogP contribution is -2.32. The molecule has 1 heterocycles. The Kier molecular flexibility index (Phi) is 4.16. The van der Waals surface area contributed by atoms with E-state index in [0.717, 1.165) is 10.9 Å². The first-order valence-electron chi connectivity index (χ1n) is 6.43. The maximum absolute atomic E-state index is 11.7. The van der Waals surface area contributed by atoms with Crippen LogP contribution in [-0.2, 0) is 4.79 Å². The summed E-state index contributed by atoms with van der Waals surface area (Å²) in [5.74, 6) is 0.527. The molecule has 2 aromatic rings. The zero-order chi connectivity index (χ0) is 14.5. The maximum atomic E-state index is 11.7. The number of nitriles is 1. The molecular weight excluding hydrogens is 252 g/mol. The number of likely N-dealkylation sites (N-methyl/N-ethyl adjacent to an activating group) is 1. The highest BCUT2D eigenvalue weighted by atomic mass is 16.2. The third-order valence-electron chi connectivity index (χ3n) is 3.16. The van der Waals surface area contributed by atoms with Gasteiger partial charge in [0.05, 0.1) is 23.7 Å². The van der Waals surface area contributed by atoms with Gasteiger partial charge in [-0.2, -0.15) is 5.26 Å². The van der Waals surface area contributed by atoms with Crippen molar-refractivity contribution in [3.63, 3.8) is 0 Å². The van der Waals surface area contributed by atoms with Crippen LogP contribution in [0.15, 0.2) is 30.3 Å². The van der Waals surface area contributed by atoms with E-state index >= 15 is 0 Å². The van der Waals surface area contributed by atoms with Crippen LogP contribution in [0.25, 0.3) is 10.9 Å². The molecule has 5 nitrogen and oxygen atoms in total. The van der Waals surface area contributed by atoms with E-state index in [9.17, 15) is 10.1 Å². The Morgan fingerprint density at radius 1 is 1.45 bits per heavy atom. The molecule has 0 bridgehead atoms. The zero-order valence-corrected chi connectivity index (χ0v) is 11.6. The maximum Gasteiger partial charge on any atom is 0.241 e. The molecule has 0 aliphatic heterocycles. The fraction of sp³-hybridized carbons (Fsp3) is 0.267. The smallest absolute Gasteiger partial charge is 0.241 e. The minimum absolute atomic E-state index is 0.0130. The topological polar surface area (TPSA) is 69.0 Å². The molecule has 1 aromatic carbocycles. The lowest BCUT2D eigenvalue weighted by Gasteiger charge is -2.15. The number of nitrogens with one attached hydrogen (secondary N) is 1. The minimum Gasteiger partial charge on any atom is -0.361 e. The van der Waals surface area contributed by atoms with E-state index in [1.165, 1.54) is 0 Å². The van der Waals surface area contributed by atoms with Crippen molar-refractivity contribution in [3.05, 3.63) is 35.9 Å². The first-order valence-corrected chi connectivity index (χ1v) is 6.43. The highest BCUT2D eigenvalue weighted by Gasteiger charge is 2.08. The predicted octanol–water partition coefficient (Wildman–Crippen LogP) is 2.00. The van der Waals surface area contributed by atoms with Gasteiger partial charge in [-0.25, -0.2) is 4.98 Å². The van der Waals surface area contributed by atoms with Crippen molar-refractivity contribution in [2.45, 2.75) is 6.92 Å². The molecule has 0 fully saturated rings. The normalized spacial score (nSPS) is 10.1. The highest BCUT2D eigenvalue weighted by molar-refractivity contribution is 5.87. The molecule has 0 aliphatic rings. The summed E-state index contributed by atoms with van der Waals surface area (Å²) in [7, 11) is 1.75. The predicted molar refractivity (Wildman–Crippen MR) is 78.3 cm³/mol. The second-order valence-corrected chi connectivity index (χ2v) is 4.45. The molecule has 0 unspecified atom stereocenters. The van der Waals surface area contributed by atoms with Crippen molar-refractivity contribution in [2.24, 2.45) is 0 Å². The van der Waals surface area contributed by atoms with E-state index in [0.29, 0.717) is 17.9 Å². The summed E-state index contributed by atoms with van der Waals surface area (Å²) in [4.78, 5) is 17.8. The van der Waals surface area contributed by atoms with Crippen LogP contribution in [0.3, 0.4) is 0 Å². The Morgan fingerprint density at radius 3 is 2.90 bits per heavy atom. The van der Waals surface area contributed by atoms with Gasteiger partial charge in [0.15, 0.2) is 0 Å². The van der Waals surface area contributed by atoms with Gasteiger partial charge in [0.2, 0.25) is 5.91 Å². The number of amides is 1. The standard InChI is InChI=1S/C15H16N4O/c1-3-19(2)15(20)10-17-14-8-11(9-16)12-6-4-5-7-13(12)18-14/h4-8H,3,10H2,1-2H3,(H,17,18). The number of carbonyl (C=O) groups excluding carboxylic acids is 1. The summed E-state index contributed by atoms with van der Waals surface area (Å²) >= 11 is 0. The number of anilines is 1. The van der Waals surface area contributed by atoms with Crippen molar-refractivity contribution >= 4 is 22.6 Å². The number of carbonyl (C=O) groups is 1. The van der Waals surface area contributed by atoms with E-state index in [4.69, 9.17) is 0 Å². The highest BCUT2D eigenvalue weighted by Crippen LogP contribution is 2.19. The van der Waals surface area contributed by atoms with Gasteiger partial charge in [-0.05, 0) is 19.1 Å². The number of pyridine rings is 1. The Bertz CT molecular complexity index is 675. The zero-order valence-electron chi connectivity index (χ0n) is 11.6. The molecule has 2 rings (SSSR count). The third kappa shape index (κ3) is 2.86. The van der Waals surface area contributed by atoms with E-state index in [-0.39, 0.29) is 12.5 Å². The van der Waals surface area contributed by atoms with Crippen LogP contribution >= 0.6 is 0 Å². The molecule has 102 valence electrons. The molecule has 1 N–H and O–H groups in total. The third-order valence-corrected chi connectivity index (χ3v) is 3.16. The lowest BCUT2D eigenvalue weighted by atomic mass is 10.1. The van der Waals surface area contributed by atoms with Crippen molar-refractivity contribution in [3.8, 4) is 6.07 Å². The number of aromatic nitrogens is 1. The quantitative estimate of drug-likeness (QED) is 0.920. The van der Waals surface area contributed by atoms with Crippen LogP contribution in [0.2, 0.25) is 0 Å². The number of hydrogen-bond acceptors (Lipinski definition) is 4.